The number of benzene rings is 2. The first-order valence-corrected chi connectivity index (χ1v) is 8.31. The highest BCUT2D eigenvalue weighted by molar-refractivity contribution is 5.84. The van der Waals surface area contributed by atoms with Crippen LogP contribution in [0.3, 0.4) is 0 Å². The standard InChI is InChI=1S/C20H22FNO4/c1-13-5-4-6-18(11-13)25-15(3)20(24)26-14(2)19(23)22-12-16-7-9-17(21)10-8-16/h4-11,14-15H,12H2,1-3H3,(H,22,23)/t14-,15-/m0/s1. The lowest BCUT2D eigenvalue weighted by Gasteiger charge is -2.18. The molecule has 0 aliphatic heterocycles. The predicted molar refractivity (Wildman–Crippen MR) is 95.1 cm³/mol. The van der Waals surface area contributed by atoms with E-state index in [9.17, 15) is 14.0 Å². The average Bonchev–Trinajstić information content (AvgIpc) is 2.60. The molecule has 1 amide bonds. The van der Waals surface area contributed by atoms with Crippen LogP contribution in [0.25, 0.3) is 0 Å². The van der Waals surface area contributed by atoms with Gasteiger partial charge >= 0.3 is 5.97 Å². The topological polar surface area (TPSA) is 64.6 Å². The van der Waals surface area contributed by atoms with E-state index in [0.717, 1.165) is 11.1 Å². The van der Waals surface area contributed by atoms with Gasteiger partial charge in [0, 0.05) is 6.54 Å². The summed E-state index contributed by atoms with van der Waals surface area (Å²) in [6.07, 6.45) is -1.81. The number of rotatable bonds is 7. The van der Waals surface area contributed by atoms with E-state index in [4.69, 9.17) is 9.47 Å². The van der Waals surface area contributed by atoms with Crippen LogP contribution in [-0.2, 0) is 20.9 Å². The summed E-state index contributed by atoms with van der Waals surface area (Å²) in [6, 6.07) is 13.1. The normalized spacial score (nSPS) is 12.8. The van der Waals surface area contributed by atoms with Crippen molar-refractivity contribution in [1.29, 1.82) is 0 Å². The summed E-state index contributed by atoms with van der Waals surface area (Å²) in [4.78, 5) is 24.1. The van der Waals surface area contributed by atoms with Gasteiger partial charge in [-0.25, -0.2) is 9.18 Å². The van der Waals surface area contributed by atoms with E-state index >= 15 is 0 Å². The zero-order valence-corrected chi connectivity index (χ0v) is 15.0. The molecule has 0 radical (unpaired) electrons. The van der Waals surface area contributed by atoms with Crippen molar-refractivity contribution in [1.82, 2.24) is 5.32 Å². The first-order valence-electron chi connectivity index (χ1n) is 8.31. The molecule has 26 heavy (non-hydrogen) atoms. The van der Waals surface area contributed by atoms with Gasteiger partial charge in [0.2, 0.25) is 0 Å². The molecule has 2 atom stereocenters. The number of carbonyl (C=O) groups excluding carboxylic acids is 2. The average molecular weight is 359 g/mol. The van der Waals surface area contributed by atoms with E-state index in [2.05, 4.69) is 5.32 Å². The van der Waals surface area contributed by atoms with Crippen LogP contribution in [0.1, 0.15) is 25.0 Å². The third-order valence-corrected chi connectivity index (χ3v) is 3.68. The van der Waals surface area contributed by atoms with Gasteiger partial charge in [-0.3, -0.25) is 4.79 Å². The number of hydrogen-bond acceptors (Lipinski definition) is 4. The van der Waals surface area contributed by atoms with Crippen LogP contribution in [-0.4, -0.2) is 24.1 Å². The number of hydrogen-bond donors (Lipinski definition) is 1. The van der Waals surface area contributed by atoms with Crippen molar-refractivity contribution in [3.05, 3.63) is 65.5 Å². The van der Waals surface area contributed by atoms with Gasteiger partial charge in [-0.15, -0.1) is 0 Å². The number of amides is 1. The summed E-state index contributed by atoms with van der Waals surface area (Å²) in [5, 5.41) is 2.64. The van der Waals surface area contributed by atoms with E-state index in [1.54, 1.807) is 25.1 Å². The number of nitrogens with one attached hydrogen (secondary N) is 1. The third-order valence-electron chi connectivity index (χ3n) is 3.68. The highest BCUT2D eigenvalue weighted by Crippen LogP contribution is 2.15. The molecule has 138 valence electrons. The van der Waals surface area contributed by atoms with Crippen LogP contribution in [0.15, 0.2) is 48.5 Å². The van der Waals surface area contributed by atoms with Crippen LogP contribution in [0, 0.1) is 12.7 Å². The molecule has 0 aliphatic rings. The van der Waals surface area contributed by atoms with E-state index < -0.39 is 24.1 Å². The summed E-state index contributed by atoms with van der Waals surface area (Å²) >= 11 is 0. The fourth-order valence-corrected chi connectivity index (χ4v) is 2.20. The molecule has 0 heterocycles. The molecule has 2 rings (SSSR count). The Morgan fingerprint density at radius 2 is 1.77 bits per heavy atom. The highest BCUT2D eigenvalue weighted by atomic mass is 19.1. The number of carbonyl (C=O) groups is 2. The Kier molecular flexibility index (Phi) is 6.72. The molecule has 0 fully saturated rings. The van der Waals surface area contributed by atoms with Crippen molar-refractivity contribution in [3.8, 4) is 5.75 Å². The largest absolute Gasteiger partial charge is 0.479 e. The molecule has 5 nitrogen and oxygen atoms in total. The lowest BCUT2D eigenvalue weighted by Crippen LogP contribution is -2.38. The maximum atomic E-state index is 12.9. The van der Waals surface area contributed by atoms with E-state index in [1.165, 1.54) is 19.1 Å². The maximum Gasteiger partial charge on any atom is 0.347 e. The molecule has 1 N–H and O–H groups in total. The monoisotopic (exact) mass is 359 g/mol. The molecule has 6 heteroatoms. The van der Waals surface area contributed by atoms with Crippen molar-refractivity contribution < 1.29 is 23.5 Å². The molecule has 0 spiro atoms. The van der Waals surface area contributed by atoms with Gasteiger partial charge < -0.3 is 14.8 Å². The van der Waals surface area contributed by atoms with Crippen LogP contribution < -0.4 is 10.1 Å². The van der Waals surface area contributed by atoms with E-state index in [0.29, 0.717) is 5.75 Å². The van der Waals surface area contributed by atoms with Crippen LogP contribution in [0.2, 0.25) is 0 Å². The Morgan fingerprint density at radius 1 is 1.08 bits per heavy atom. The van der Waals surface area contributed by atoms with Gasteiger partial charge in [0.15, 0.2) is 12.2 Å². The zero-order chi connectivity index (χ0) is 19.1. The first-order chi connectivity index (χ1) is 12.3. The predicted octanol–water partition coefficient (Wildman–Crippen LogP) is 3.15. The fourth-order valence-electron chi connectivity index (χ4n) is 2.20. The zero-order valence-electron chi connectivity index (χ0n) is 15.0. The molecular weight excluding hydrogens is 337 g/mol. The second kappa shape index (κ2) is 8.99. The van der Waals surface area contributed by atoms with Crippen molar-refractivity contribution >= 4 is 11.9 Å². The van der Waals surface area contributed by atoms with E-state index in [1.807, 2.05) is 25.1 Å². The number of aryl methyl sites for hydroxylation is 1. The summed E-state index contributed by atoms with van der Waals surface area (Å²) in [7, 11) is 0. The molecule has 0 saturated heterocycles. The molecular formula is C20H22FNO4. The van der Waals surface area contributed by atoms with Gasteiger partial charge in [0.05, 0.1) is 0 Å². The molecule has 0 aromatic heterocycles. The Balaban J connectivity index is 1.81. The highest BCUT2D eigenvalue weighted by Gasteiger charge is 2.23. The smallest absolute Gasteiger partial charge is 0.347 e. The van der Waals surface area contributed by atoms with Gasteiger partial charge in [-0.1, -0.05) is 24.3 Å². The van der Waals surface area contributed by atoms with Crippen molar-refractivity contribution in [2.45, 2.75) is 39.5 Å². The van der Waals surface area contributed by atoms with Crippen molar-refractivity contribution in [3.63, 3.8) is 0 Å². The summed E-state index contributed by atoms with van der Waals surface area (Å²) in [5.41, 5.74) is 1.76. The molecule has 2 aromatic rings. The minimum absolute atomic E-state index is 0.219. The lowest BCUT2D eigenvalue weighted by atomic mass is 10.2. The second-order valence-electron chi connectivity index (χ2n) is 6.00. The first kappa shape index (κ1) is 19.4. The third kappa shape index (κ3) is 5.88. The molecule has 0 bridgehead atoms. The molecule has 0 unspecified atom stereocenters. The van der Waals surface area contributed by atoms with Crippen LogP contribution in [0.4, 0.5) is 4.39 Å². The minimum Gasteiger partial charge on any atom is -0.479 e. The Hall–Kier alpha value is -2.89. The summed E-state index contributed by atoms with van der Waals surface area (Å²) < 4.78 is 23.5. The number of esters is 1. The Morgan fingerprint density at radius 3 is 2.42 bits per heavy atom. The van der Waals surface area contributed by atoms with Crippen LogP contribution in [0.5, 0.6) is 5.75 Å². The number of ether oxygens (including phenoxy) is 2. The molecule has 2 aromatic carbocycles. The van der Waals surface area contributed by atoms with Gasteiger partial charge in [0.1, 0.15) is 11.6 Å². The number of halogens is 1. The maximum absolute atomic E-state index is 12.9. The van der Waals surface area contributed by atoms with Crippen molar-refractivity contribution in [2.24, 2.45) is 0 Å². The summed E-state index contributed by atoms with van der Waals surface area (Å²) in [5.74, 6) is -0.853. The van der Waals surface area contributed by atoms with Gasteiger partial charge in [0.25, 0.3) is 5.91 Å². The Bertz CT molecular complexity index is 761. The molecule has 0 saturated carbocycles. The van der Waals surface area contributed by atoms with Crippen molar-refractivity contribution in [2.75, 3.05) is 0 Å². The second-order valence-corrected chi connectivity index (χ2v) is 6.00. The Labute approximate surface area is 152 Å². The quantitative estimate of drug-likeness (QED) is 0.772. The molecule has 0 aliphatic carbocycles. The van der Waals surface area contributed by atoms with Crippen LogP contribution >= 0.6 is 0 Å². The summed E-state index contributed by atoms with van der Waals surface area (Å²) in [6.45, 7) is 5.19. The van der Waals surface area contributed by atoms with Gasteiger partial charge in [-0.2, -0.15) is 0 Å². The fraction of sp³-hybridized carbons (Fsp3) is 0.300. The SMILES string of the molecule is Cc1cccc(O[C@@H](C)C(=O)O[C@@H](C)C(=O)NCc2ccc(F)cc2)c1. The van der Waals surface area contributed by atoms with Gasteiger partial charge in [-0.05, 0) is 56.2 Å². The minimum atomic E-state index is -0.966. The van der Waals surface area contributed by atoms with E-state index in [-0.39, 0.29) is 12.4 Å². The lowest BCUT2D eigenvalue weighted by molar-refractivity contribution is -0.160.